The number of aromatic amines is 1. The molecule has 2 rings (SSSR count). The van der Waals surface area contributed by atoms with Gasteiger partial charge in [-0.25, -0.2) is 13.1 Å². The van der Waals surface area contributed by atoms with E-state index >= 15 is 0 Å². The van der Waals surface area contributed by atoms with Gasteiger partial charge in [-0.1, -0.05) is 24.3 Å². The Kier molecular flexibility index (Phi) is 4.26. The molecule has 1 aromatic carbocycles. The van der Waals surface area contributed by atoms with Crippen molar-refractivity contribution < 1.29 is 8.42 Å². The molecule has 1 heterocycles. The van der Waals surface area contributed by atoms with E-state index < -0.39 is 10.0 Å². The molecule has 1 aromatic heterocycles. The number of nitrogens with two attached hydrogens (primary N) is 1. The molecule has 20 heavy (non-hydrogen) atoms. The Morgan fingerprint density at radius 3 is 2.70 bits per heavy atom. The molecular weight excluding hydrogens is 298 g/mol. The lowest BCUT2D eigenvalue weighted by Crippen LogP contribution is -2.24. The summed E-state index contributed by atoms with van der Waals surface area (Å²) in [5.74, 6) is 0. The molecule has 0 unspecified atom stereocenters. The molecule has 4 N–H and O–H groups in total. The number of nitrogen functional groups attached to an aromatic ring is 1. The molecule has 108 valence electrons. The third-order valence-corrected chi connectivity index (χ3v) is 4.95. The first-order valence-corrected chi connectivity index (χ1v) is 8.33. The molecule has 0 fully saturated rings. The van der Waals surface area contributed by atoms with Crippen molar-refractivity contribution in [1.82, 2.24) is 9.71 Å². The third-order valence-electron chi connectivity index (χ3n) is 2.83. The molecular formula is C12H15N3O3S2. The zero-order valence-corrected chi connectivity index (χ0v) is 12.5. The summed E-state index contributed by atoms with van der Waals surface area (Å²) in [6, 6.07) is 4.67. The smallest absolute Gasteiger partial charge is 0.304 e. The zero-order valence-electron chi connectivity index (χ0n) is 10.8. The van der Waals surface area contributed by atoms with Crippen LogP contribution in [0.3, 0.4) is 0 Å². The van der Waals surface area contributed by atoms with Gasteiger partial charge >= 0.3 is 4.87 Å². The number of thiazole rings is 1. The van der Waals surface area contributed by atoms with Crippen LogP contribution in [-0.4, -0.2) is 13.4 Å². The van der Waals surface area contributed by atoms with Crippen molar-refractivity contribution in [1.29, 1.82) is 0 Å². The number of aromatic nitrogens is 1. The minimum Gasteiger partial charge on any atom is -0.398 e. The Morgan fingerprint density at radius 1 is 1.40 bits per heavy atom. The Balaban J connectivity index is 2.17. The van der Waals surface area contributed by atoms with E-state index in [-0.39, 0.29) is 16.3 Å². The lowest BCUT2D eigenvalue weighted by molar-refractivity contribution is 0.580. The van der Waals surface area contributed by atoms with Gasteiger partial charge in [0.25, 0.3) is 0 Å². The summed E-state index contributed by atoms with van der Waals surface area (Å²) < 4.78 is 26.6. The fraction of sp³-hybridized carbons (Fsp3) is 0.250. The van der Waals surface area contributed by atoms with Crippen LogP contribution in [0, 0.1) is 0 Å². The lowest BCUT2D eigenvalue weighted by atomic mass is 10.1. The quantitative estimate of drug-likeness (QED) is 0.718. The summed E-state index contributed by atoms with van der Waals surface area (Å²) in [6.45, 7) is 1.99. The van der Waals surface area contributed by atoms with Crippen molar-refractivity contribution in [2.24, 2.45) is 0 Å². The highest BCUT2D eigenvalue weighted by molar-refractivity contribution is 7.89. The molecule has 0 bridgehead atoms. The van der Waals surface area contributed by atoms with Crippen LogP contribution in [0.5, 0.6) is 0 Å². The largest absolute Gasteiger partial charge is 0.398 e. The van der Waals surface area contributed by atoms with Crippen LogP contribution < -0.4 is 15.3 Å². The minimum atomic E-state index is -3.64. The third kappa shape index (κ3) is 3.27. The average Bonchev–Trinajstić information content (AvgIpc) is 2.82. The number of hydrogen-bond acceptors (Lipinski definition) is 5. The summed E-state index contributed by atoms with van der Waals surface area (Å²) in [7, 11) is -3.64. The fourth-order valence-electron chi connectivity index (χ4n) is 1.72. The van der Waals surface area contributed by atoms with Crippen molar-refractivity contribution >= 4 is 27.0 Å². The van der Waals surface area contributed by atoms with Gasteiger partial charge in [0, 0.05) is 16.8 Å². The van der Waals surface area contributed by atoms with Gasteiger partial charge in [0.1, 0.15) is 0 Å². The summed E-state index contributed by atoms with van der Waals surface area (Å²) in [4.78, 5) is 13.4. The van der Waals surface area contributed by atoms with Crippen molar-refractivity contribution in [2.45, 2.75) is 24.8 Å². The van der Waals surface area contributed by atoms with Gasteiger partial charge in [-0.3, -0.25) is 4.79 Å². The number of anilines is 1. The first-order chi connectivity index (χ1) is 9.42. The number of sulfonamides is 1. The normalized spacial score (nSPS) is 11.7. The van der Waals surface area contributed by atoms with Crippen LogP contribution in [0.15, 0.2) is 33.3 Å². The maximum absolute atomic E-state index is 12.1. The highest BCUT2D eigenvalue weighted by Gasteiger charge is 2.15. The van der Waals surface area contributed by atoms with Gasteiger partial charge < -0.3 is 10.7 Å². The van der Waals surface area contributed by atoms with E-state index in [4.69, 9.17) is 5.73 Å². The number of benzene rings is 1. The van der Waals surface area contributed by atoms with Crippen molar-refractivity contribution in [3.63, 3.8) is 0 Å². The topological polar surface area (TPSA) is 105 Å². The van der Waals surface area contributed by atoms with Gasteiger partial charge in [0.2, 0.25) is 10.0 Å². The van der Waals surface area contributed by atoms with E-state index in [0.29, 0.717) is 11.4 Å². The predicted octanol–water partition coefficient (Wildman–Crippen LogP) is 1.06. The minimum absolute atomic E-state index is 0.0382. The van der Waals surface area contributed by atoms with Crippen molar-refractivity contribution in [3.8, 4) is 0 Å². The lowest BCUT2D eigenvalue weighted by Gasteiger charge is -2.08. The van der Waals surface area contributed by atoms with E-state index in [1.807, 2.05) is 6.92 Å². The molecule has 0 atom stereocenters. The highest BCUT2D eigenvalue weighted by Crippen LogP contribution is 2.18. The van der Waals surface area contributed by atoms with Crippen LogP contribution in [0.2, 0.25) is 0 Å². The second-order valence-electron chi connectivity index (χ2n) is 4.21. The molecule has 0 saturated heterocycles. The van der Waals surface area contributed by atoms with Crippen molar-refractivity contribution in [2.75, 3.05) is 5.73 Å². The van der Waals surface area contributed by atoms with Crippen molar-refractivity contribution in [3.05, 3.63) is 44.5 Å². The van der Waals surface area contributed by atoms with Gasteiger partial charge in [-0.2, -0.15) is 0 Å². The van der Waals surface area contributed by atoms with Gasteiger partial charge in [-0.15, -0.1) is 0 Å². The average molecular weight is 313 g/mol. The highest BCUT2D eigenvalue weighted by atomic mass is 32.2. The van der Waals surface area contributed by atoms with E-state index in [2.05, 4.69) is 9.71 Å². The zero-order chi connectivity index (χ0) is 14.8. The monoisotopic (exact) mass is 313 g/mol. The summed E-state index contributed by atoms with van der Waals surface area (Å²) in [5.41, 5.74) is 7.70. The second kappa shape index (κ2) is 5.78. The van der Waals surface area contributed by atoms with Crippen LogP contribution in [0.4, 0.5) is 5.69 Å². The van der Waals surface area contributed by atoms with E-state index in [1.165, 1.54) is 12.1 Å². The first kappa shape index (κ1) is 14.8. The van der Waals surface area contributed by atoms with E-state index in [9.17, 15) is 13.2 Å². The Bertz CT molecular complexity index is 762. The Morgan fingerprint density at radius 2 is 2.15 bits per heavy atom. The maximum atomic E-state index is 12.1. The maximum Gasteiger partial charge on any atom is 0.304 e. The van der Waals surface area contributed by atoms with Crippen LogP contribution >= 0.6 is 11.3 Å². The number of rotatable bonds is 5. The number of nitrogens with one attached hydrogen (secondary N) is 2. The standard InChI is InChI=1S/C12H15N3O3S2/c1-2-8-3-4-10(5-11(8)13)20(17,18)14-6-9-7-19-12(16)15-9/h3-5,7,14H,2,6,13H2,1H3,(H,15,16). The SMILES string of the molecule is CCc1ccc(S(=O)(=O)NCc2csc(=O)[nH]2)cc1N. The summed E-state index contributed by atoms with van der Waals surface area (Å²) in [6.07, 6.45) is 0.746. The predicted molar refractivity (Wildman–Crippen MR) is 79.2 cm³/mol. The molecule has 0 spiro atoms. The molecule has 0 aliphatic carbocycles. The van der Waals surface area contributed by atoms with Gasteiger partial charge in [0.05, 0.1) is 11.4 Å². The van der Waals surface area contributed by atoms with E-state index in [1.54, 1.807) is 11.4 Å². The van der Waals surface area contributed by atoms with Crippen LogP contribution in [-0.2, 0) is 23.0 Å². The Hall–Kier alpha value is -1.64. The van der Waals surface area contributed by atoms with Crippen LogP contribution in [0.25, 0.3) is 0 Å². The van der Waals surface area contributed by atoms with E-state index in [0.717, 1.165) is 23.3 Å². The molecule has 8 heteroatoms. The molecule has 0 radical (unpaired) electrons. The number of hydrogen-bond donors (Lipinski definition) is 3. The number of aryl methyl sites for hydroxylation is 1. The fourth-order valence-corrected chi connectivity index (χ4v) is 3.34. The van der Waals surface area contributed by atoms with Crippen LogP contribution in [0.1, 0.15) is 18.2 Å². The molecule has 2 aromatic rings. The molecule has 0 amide bonds. The molecule has 0 aliphatic rings. The van der Waals surface area contributed by atoms with Gasteiger partial charge in [-0.05, 0) is 24.1 Å². The van der Waals surface area contributed by atoms with Gasteiger partial charge in [0.15, 0.2) is 0 Å². The Labute approximate surface area is 120 Å². The first-order valence-electron chi connectivity index (χ1n) is 5.97. The molecule has 0 aliphatic heterocycles. The molecule has 0 saturated carbocycles. The molecule has 6 nitrogen and oxygen atoms in total. The summed E-state index contributed by atoms with van der Waals surface area (Å²) >= 11 is 0.992. The second-order valence-corrected chi connectivity index (χ2v) is 6.82. The summed E-state index contributed by atoms with van der Waals surface area (Å²) in [5, 5.41) is 1.58. The number of H-pyrrole nitrogens is 1.